The zero-order valence-corrected chi connectivity index (χ0v) is 11.2. The highest BCUT2D eigenvalue weighted by Gasteiger charge is 2.28. The van der Waals surface area contributed by atoms with Gasteiger partial charge in [-0.3, -0.25) is 4.98 Å². The van der Waals surface area contributed by atoms with Gasteiger partial charge in [0.1, 0.15) is 0 Å². The summed E-state index contributed by atoms with van der Waals surface area (Å²) in [6, 6.07) is 2.39. The van der Waals surface area contributed by atoms with Crippen LogP contribution in [0.25, 0.3) is 0 Å². The summed E-state index contributed by atoms with van der Waals surface area (Å²) in [6.07, 6.45) is 4.28. The van der Waals surface area contributed by atoms with E-state index in [4.69, 9.17) is 17.3 Å². The summed E-state index contributed by atoms with van der Waals surface area (Å²) in [4.78, 5) is 6.57. The Morgan fingerprint density at radius 3 is 3.06 bits per heavy atom. The first-order chi connectivity index (χ1) is 8.15. The summed E-state index contributed by atoms with van der Waals surface area (Å²) in [5.41, 5.74) is 7.88. The summed E-state index contributed by atoms with van der Waals surface area (Å²) in [7, 11) is 0. The molecule has 2 N–H and O–H groups in total. The monoisotopic (exact) mass is 253 g/mol. The Bertz CT molecular complexity index is 394. The molecule has 17 heavy (non-hydrogen) atoms. The molecule has 1 aromatic rings. The molecule has 1 aliphatic rings. The first kappa shape index (κ1) is 12.7. The third kappa shape index (κ3) is 2.40. The molecule has 1 saturated heterocycles. The number of halogens is 1. The van der Waals surface area contributed by atoms with Crippen molar-refractivity contribution >= 4 is 17.3 Å². The number of anilines is 1. The number of nitrogens with zero attached hydrogens (tertiary/aromatic N) is 2. The van der Waals surface area contributed by atoms with Gasteiger partial charge in [0, 0.05) is 25.3 Å². The van der Waals surface area contributed by atoms with E-state index in [1.807, 2.05) is 19.2 Å². The zero-order chi connectivity index (χ0) is 12.4. The molecule has 1 aromatic heterocycles. The third-order valence-corrected chi connectivity index (χ3v) is 4.18. The van der Waals surface area contributed by atoms with Crippen molar-refractivity contribution in [2.75, 3.05) is 18.0 Å². The fourth-order valence-electron chi connectivity index (χ4n) is 2.66. The number of nitrogens with two attached hydrogens (primary N) is 1. The number of pyridine rings is 1. The van der Waals surface area contributed by atoms with Crippen molar-refractivity contribution in [3.63, 3.8) is 0 Å². The van der Waals surface area contributed by atoms with Crippen molar-refractivity contribution in [3.8, 4) is 0 Å². The molecule has 0 spiro atoms. The maximum Gasteiger partial charge on any atom is 0.0851 e. The SMILES string of the molecule is Cc1nccc(N2CCCC(C)C2CN)c1Cl. The zero-order valence-electron chi connectivity index (χ0n) is 10.5. The standard InChI is InChI=1S/C13H20ClN3/c1-9-4-3-7-17(12(9)8-15)11-5-6-16-10(2)13(11)14/h5-6,9,12H,3-4,7-8,15H2,1-2H3. The summed E-state index contributed by atoms with van der Waals surface area (Å²) < 4.78 is 0. The van der Waals surface area contributed by atoms with Gasteiger partial charge in [0.15, 0.2) is 0 Å². The quantitative estimate of drug-likeness (QED) is 0.881. The molecule has 2 rings (SSSR count). The van der Waals surface area contributed by atoms with Gasteiger partial charge in [0.05, 0.1) is 16.4 Å². The number of hydrogen-bond acceptors (Lipinski definition) is 3. The van der Waals surface area contributed by atoms with E-state index in [1.54, 1.807) is 0 Å². The second kappa shape index (κ2) is 5.23. The van der Waals surface area contributed by atoms with Crippen LogP contribution in [0.2, 0.25) is 5.02 Å². The van der Waals surface area contributed by atoms with Crippen LogP contribution in [0.4, 0.5) is 5.69 Å². The molecule has 0 radical (unpaired) electrons. The molecule has 1 aliphatic heterocycles. The Labute approximate surface area is 108 Å². The van der Waals surface area contributed by atoms with Gasteiger partial charge in [0.2, 0.25) is 0 Å². The molecular formula is C13H20ClN3. The molecule has 0 aromatic carbocycles. The fraction of sp³-hybridized carbons (Fsp3) is 0.615. The molecular weight excluding hydrogens is 234 g/mol. The largest absolute Gasteiger partial charge is 0.366 e. The van der Waals surface area contributed by atoms with Crippen molar-refractivity contribution in [2.24, 2.45) is 11.7 Å². The van der Waals surface area contributed by atoms with Crippen LogP contribution in [-0.4, -0.2) is 24.1 Å². The number of rotatable bonds is 2. The summed E-state index contributed by atoms with van der Waals surface area (Å²) >= 11 is 6.35. The second-order valence-electron chi connectivity index (χ2n) is 4.85. The minimum atomic E-state index is 0.392. The van der Waals surface area contributed by atoms with Gasteiger partial charge in [-0.15, -0.1) is 0 Å². The van der Waals surface area contributed by atoms with Crippen LogP contribution in [0.15, 0.2) is 12.3 Å². The van der Waals surface area contributed by atoms with Gasteiger partial charge >= 0.3 is 0 Å². The second-order valence-corrected chi connectivity index (χ2v) is 5.22. The maximum atomic E-state index is 6.35. The van der Waals surface area contributed by atoms with Gasteiger partial charge in [-0.2, -0.15) is 0 Å². The molecule has 4 heteroatoms. The normalized spacial score (nSPS) is 25.1. The van der Waals surface area contributed by atoms with E-state index in [-0.39, 0.29) is 0 Å². The smallest absolute Gasteiger partial charge is 0.0851 e. The van der Waals surface area contributed by atoms with Crippen LogP contribution in [0.1, 0.15) is 25.5 Å². The Morgan fingerprint density at radius 2 is 2.35 bits per heavy atom. The minimum Gasteiger partial charge on any atom is -0.366 e. The van der Waals surface area contributed by atoms with E-state index >= 15 is 0 Å². The summed E-state index contributed by atoms with van der Waals surface area (Å²) in [5.74, 6) is 0.623. The van der Waals surface area contributed by atoms with Crippen molar-refractivity contribution < 1.29 is 0 Å². The highest BCUT2D eigenvalue weighted by molar-refractivity contribution is 6.33. The van der Waals surface area contributed by atoms with Crippen LogP contribution in [-0.2, 0) is 0 Å². The van der Waals surface area contributed by atoms with Gasteiger partial charge in [-0.25, -0.2) is 0 Å². The van der Waals surface area contributed by atoms with Crippen molar-refractivity contribution in [1.82, 2.24) is 4.98 Å². The molecule has 0 bridgehead atoms. The average molecular weight is 254 g/mol. The predicted octanol–water partition coefficient (Wildman–Crippen LogP) is 2.61. The Morgan fingerprint density at radius 1 is 1.59 bits per heavy atom. The van der Waals surface area contributed by atoms with Crippen LogP contribution < -0.4 is 10.6 Å². The third-order valence-electron chi connectivity index (χ3n) is 3.71. The molecule has 2 heterocycles. The van der Waals surface area contributed by atoms with E-state index in [2.05, 4.69) is 16.8 Å². The van der Waals surface area contributed by atoms with E-state index < -0.39 is 0 Å². The highest BCUT2D eigenvalue weighted by Crippen LogP contribution is 2.33. The molecule has 3 nitrogen and oxygen atoms in total. The van der Waals surface area contributed by atoms with Crippen molar-refractivity contribution in [2.45, 2.75) is 32.7 Å². The van der Waals surface area contributed by atoms with Crippen molar-refractivity contribution in [3.05, 3.63) is 23.0 Å². The number of piperidine rings is 1. The molecule has 2 atom stereocenters. The maximum absolute atomic E-state index is 6.35. The van der Waals surface area contributed by atoms with Crippen LogP contribution >= 0.6 is 11.6 Å². The number of aryl methyl sites for hydroxylation is 1. The first-order valence-corrected chi connectivity index (χ1v) is 6.60. The number of hydrogen-bond donors (Lipinski definition) is 1. The summed E-state index contributed by atoms with van der Waals surface area (Å²) in [5, 5.41) is 0.764. The van der Waals surface area contributed by atoms with Crippen LogP contribution in [0.5, 0.6) is 0 Å². The predicted molar refractivity (Wildman–Crippen MR) is 72.6 cm³/mol. The van der Waals surface area contributed by atoms with E-state index in [9.17, 15) is 0 Å². The molecule has 2 unspecified atom stereocenters. The van der Waals surface area contributed by atoms with E-state index in [1.165, 1.54) is 12.8 Å². The van der Waals surface area contributed by atoms with Gasteiger partial charge in [0.25, 0.3) is 0 Å². The van der Waals surface area contributed by atoms with Crippen LogP contribution in [0.3, 0.4) is 0 Å². The highest BCUT2D eigenvalue weighted by atomic mass is 35.5. The Kier molecular flexibility index (Phi) is 3.89. The lowest BCUT2D eigenvalue weighted by Crippen LogP contribution is -2.49. The Balaban J connectivity index is 2.34. The molecule has 94 valence electrons. The minimum absolute atomic E-state index is 0.392. The lowest BCUT2D eigenvalue weighted by molar-refractivity contribution is 0.350. The average Bonchev–Trinajstić information content (AvgIpc) is 2.32. The summed E-state index contributed by atoms with van der Waals surface area (Å²) in [6.45, 7) is 5.93. The topological polar surface area (TPSA) is 42.2 Å². The van der Waals surface area contributed by atoms with E-state index in [0.717, 1.165) is 22.9 Å². The molecule has 1 fully saturated rings. The van der Waals surface area contributed by atoms with Gasteiger partial charge < -0.3 is 10.6 Å². The van der Waals surface area contributed by atoms with E-state index in [0.29, 0.717) is 18.5 Å². The molecule has 0 aliphatic carbocycles. The van der Waals surface area contributed by atoms with Crippen molar-refractivity contribution in [1.29, 1.82) is 0 Å². The van der Waals surface area contributed by atoms with Crippen LogP contribution in [0, 0.1) is 12.8 Å². The van der Waals surface area contributed by atoms with Gasteiger partial charge in [-0.05, 0) is 31.7 Å². The van der Waals surface area contributed by atoms with Gasteiger partial charge in [-0.1, -0.05) is 18.5 Å². The number of aromatic nitrogens is 1. The lowest BCUT2D eigenvalue weighted by Gasteiger charge is -2.41. The Hall–Kier alpha value is -0.800. The molecule has 0 saturated carbocycles. The fourth-order valence-corrected chi connectivity index (χ4v) is 2.88. The molecule has 0 amide bonds. The lowest BCUT2D eigenvalue weighted by atomic mass is 9.90. The first-order valence-electron chi connectivity index (χ1n) is 6.23.